The summed E-state index contributed by atoms with van der Waals surface area (Å²) in [5.74, 6) is 4.04. The van der Waals surface area contributed by atoms with Crippen molar-refractivity contribution >= 4 is 11.8 Å². The lowest BCUT2D eigenvalue weighted by atomic mass is 9.80. The summed E-state index contributed by atoms with van der Waals surface area (Å²) in [4.78, 5) is 0. The number of rotatable bonds is 3. The van der Waals surface area contributed by atoms with Crippen LogP contribution in [-0.2, 0) is 0 Å². The van der Waals surface area contributed by atoms with Gasteiger partial charge in [-0.3, -0.25) is 0 Å². The molecule has 0 amide bonds. The minimum atomic E-state index is 0.449. The summed E-state index contributed by atoms with van der Waals surface area (Å²) in [5.41, 5.74) is 6.32. The van der Waals surface area contributed by atoms with Crippen LogP contribution in [0.25, 0.3) is 0 Å². The number of hydrogen-bond acceptors (Lipinski definition) is 2. The minimum Gasteiger partial charge on any atom is -0.327 e. The highest BCUT2D eigenvalue weighted by atomic mass is 32.2. The third kappa shape index (κ3) is 3.16. The first-order valence-corrected chi connectivity index (χ1v) is 8.09. The number of nitrogens with two attached hydrogens (primary N) is 1. The van der Waals surface area contributed by atoms with Gasteiger partial charge in [-0.2, -0.15) is 11.8 Å². The fourth-order valence-electron chi connectivity index (χ4n) is 3.60. The molecule has 0 heterocycles. The van der Waals surface area contributed by atoms with Gasteiger partial charge in [-0.1, -0.05) is 26.7 Å². The van der Waals surface area contributed by atoms with Gasteiger partial charge in [0.15, 0.2) is 0 Å². The van der Waals surface area contributed by atoms with Gasteiger partial charge in [-0.15, -0.1) is 0 Å². The van der Waals surface area contributed by atoms with Crippen molar-refractivity contribution < 1.29 is 0 Å². The van der Waals surface area contributed by atoms with E-state index in [1.165, 1.54) is 44.3 Å². The summed E-state index contributed by atoms with van der Waals surface area (Å²) in [5, 5.41) is 0.733. The van der Waals surface area contributed by atoms with Crippen molar-refractivity contribution in [3.05, 3.63) is 0 Å². The van der Waals surface area contributed by atoms with E-state index in [9.17, 15) is 0 Å². The van der Waals surface area contributed by atoms with Gasteiger partial charge in [0.2, 0.25) is 0 Å². The molecule has 2 aliphatic carbocycles. The monoisotopic (exact) mass is 241 g/mol. The van der Waals surface area contributed by atoms with Gasteiger partial charge in [0.1, 0.15) is 0 Å². The van der Waals surface area contributed by atoms with E-state index in [4.69, 9.17) is 5.73 Å². The van der Waals surface area contributed by atoms with Gasteiger partial charge in [-0.25, -0.2) is 0 Å². The van der Waals surface area contributed by atoms with Crippen molar-refractivity contribution in [2.24, 2.45) is 23.5 Å². The molecule has 1 nitrogen and oxygen atoms in total. The van der Waals surface area contributed by atoms with Crippen LogP contribution in [0.5, 0.6) is 0 Å². The van der Waals surface area contributed by atoms with E-state index in [1.807, 2.05) is 0 Å². The lowest BCUT2D eigenvalue weighted by Gasteiger charge is -2.37. The summed E-state index contributed by atoms with van der Waals surface area (Å²) in [6, 6.07) is 0.449. The Hall–Kier alpha value is 0.310. The molecule has 0 bridgehead atoms. The largest absolute Gasteiger partial charge is 0.327 e. The first-order valence-electron chi connectivity index (χ1n) is 7.04. The molecule has 0 aromatic carbocycles. The van der Waals surface area contributed by atoms with Crippen LogP contribution in [0.1, 0.15) is 52.4 Å². The predicted molar refractivity (Wildman–Crippen MR) is 73.7 cm³/mol. The molecule has 2 N–H and O–H groups in total. The van der Waals surface area contributed by atoms with Gasteiger partial charge in [0.05, 0.1) is 0 Å². The minimum absolute atomic E-state index is 0.449. The normalized spacial score (nSPS) is 41.4. The van der Waals surface area contributed by atoms with Crippen molar-refractivity contribution in [3.63, 3.8) is 0 Å². The van der Waals surface area contributed by atoms with Crippen LogP contribution < -0.4 is 5.73 Å². The van der Waals surface area contributed by atoms with E-state index in [0.717, 1.165) is 23.0 Å². The van der Waals surface area contributed by atoms with E-state index in [2.05, 4.69) is 25.6 Å². The third-order valence-electron chi connectivity index (χ3n) is 4.43. The quantitative estimate of drug-likeness (QED) is 0.816. The fraction of sp³-hybridized carbons (Fsp3) is 1.00. The Kier molecular flexibility index (Phi) is 4.60. The summed E-state index contributed by atoms with van der Waals surface area (Å²) in [6.07, 6.45) is 8.51. The first kappa shape index (κ1) is 12.8. The molecule has 16 heavy (non-hydrogen) atoms. The zero-order valence-electron chi connectivity index (χ0n) is 10.8. The molecule has 0 aromatic rings. The average molecular weight is 241 g/mol. The Bertz CT molecular complexity index is 201. The van der Waals surface area contributed by atoms with Crippen molar-refractivity contribution in [1.29, 1.82) is 0 Å². The highest BCUT2D eigenvalue weighted by Crippen LogP contribution is 2.38. The Morgan fingerprint density at radius 1 is 1.12 bits per heavy atom. The van der Waals surface area contributed by atoms with E-state index in [1.54, 1.807) is 0 Å². The fourth-order valence-corrected chi connectivity index (χ4v) is 5.22. The molecule has 2 rings (SSSR count). The molecule has 2 heteroatoms. The third-order valence-corrected chi connectivity index (χ3v) is 6.29. The Labute approximate surface area is 105 Å². The first-order chi connectivity index (χ1) is 7.66. The van der Waals surface area contributed by atoms with Crippen molar-refractivity contribution in [3.8, 4) is 0 Å². The second-order valence-electron chi connectivity index (χ2n) is 6.17. The van der Waals surface area contributed by atoms with E-state index < -0.39 is 0 Å². The van der Waals surface area contributed by atoms with Crippen LogP contribution in [0.2, 0.25) is 0 Å². The maximum Gasteiger partial charge on any atom is 0.0224 e. The predicted octanol–water partition coefficient (Wildman–Crippen LogP) is 3.67. The van der Waals surface area contributed by atoms with Crippen LogP contribution in [0, 0.1) is 17.8 Å². The van der Waals surface area contributed by atoms with Gasteiger partial charge in [0, 0.05) is 11.3 Å². The maximum atomic E-state index is 6.32. The van der Waals surface area contributed by atoms with E-state index >= 15 is 0 Å². The van der Waals surface area contributed by atoms with Gasteiger partial charge in [-0.05, 0) is 49.2 Å². The molecule has 2 aliphatic rings. The van der Waals surface area contributed by atoms with E-state index in [0.29, 0.717) is 6.04 Å². The topological polar surface area (TPSA) is 26.0 Å². The summed E-state index contributed by atoms with van der Waals surface area (Å²) in [6.45, 7) is 4.76. The Morgan fingerprint density at radius 3 is 2.44 bits per heavy atom. The van der Waals surface area contributed by atoms with Crippen LogP contribution in [0.15, 0.2) is 0 Å². The van der Waals surface area contributed by atoms with Crippen molar-refractivity contribution in [1.82, 2.24) is 0 Å². The highest BCUT2D eigenvalue weighted by molar-refractivity contribution is 8.00. The number of thioether (sulfide) groups is 1. The second kappa shape index (κ2) is 5.77. The molecular formula is C14H27NS. The molecule has 2 saturated carbocycles. The molecule has 94 valence electrons. The summed E-state index contributed by atoms with van der Waals surface area (Å²) < 4.78 is 0. The van der Waals surface area contributed by atoms with E-state index in [-0.39, 0.29) is 0 Å². The molecule has 0 saturated heterocycles. The molecule has 2 fully saturated rings. The highest BCUT2D eigenvalue weighted by Gasteiger charge is 2.32. The molecule has 4 atom stereocenters. The summed E-state index contributed by atoms with van der Waals surface area (Å²) >= 11 is 2.19. The smallest absolute Gasteiger partial charge is 0.0224 e. The zero-order chi connectivity index (χ0) is 11.5. The van der Waals surface area contributed by atoms with Gasteiger partial charge < -0.3 is 5.73 Å². The zero-order valence-corrected chi connectivity index (χ0v) is 11.6. The van der Waals surface area contributed by atoms with Crippen LogP contribution >= 0.6 is 11.8 Å². The standard InChI is InChI=1S/C14H27NS/c1-10-7-11(2)14(13(15)8-10)16-9-12-5-3-4-6-12/h10-14H,3-9,15H2,1-2H3. The van der Waals surface area contributed by atoms with Crippen molar-refractivity contribution in [2.75, 3.05) is 5.75 Å². The molecule has 0 aromatic heterocycles. The van der Waals surface area contributed by atoms with Crippen LogP contribution in [0.3, 0.4) is 0 Å². The maximum absolute atomic E-state index is 6.32. The molecule has 0 radical (unpaired) electrons. The van der Waals surface area contributed by atoms with Crippen molar-refractivity contribution in [2.45, 2.75) is 63.7 Å². The van der Waals surface area contributed by atoms with Crippen LogP contribution in [-0.4, -0.2) is 17.0 Å². The van der Waals surface area contributed by atoms with Gasteiger partial charge >= 0.3 is 0 Å². The second-order valence-corrected chi connectivity index (χ2v) is 7.38. The molecule has 0 aliphatic heterocycles. The summed E-state index contributed by atoms with van der Waals surface area (Å²) in [7, 11) is 0. The average Bonchev–Trinajstić information content (AvgIpc) is 2.68. The Balaban J connectivity index is 1.78. The molecular weight excluding hydrogens is 214 g/mol. The number of hydrogen-bond donors (Lipinski definition) is 1. The van der Waals surface area contributed by atoms with Gasteiger partial charge in [0.25, 0.3) is 0 Å². The Morgan fingerprint density at radius 2 is 1.81 bits per heavy atom. The lowest BCUT2D eigenvalue weighted by molar-refractivity contribution is 0.279. The lowest BCUT2D eigenvalue weighted by Crippen LogP contribution is -2.43. The molecule has 0 spiro atoms. The SMILES string of the molecule is CC1CC(C)C(SCC2CCCC2)C(N)C1. The molecule has 4 unspecified atom stereocenters. The van der Waals surface area contributed by atoms with Crippen LogP contribution in [0.4, 0.5) is 0 Å².